The lowest BCUT2D eigenvalue weighted by molar-refractivity contribution is 0.184. The lowest BCUT2D eigenvalue weighted by Gasteiger charge is -2.31. The monoisotopic (exact) mass is 388 g/mol. The van der Waals surface area contributed by atoms with Gasteiger partial charge in [-0.2, -0.15) is 0 Å². The van der Waals surface area contributed by atoms with Crippen LogP contribution in [0.4, 0.5) is 0 Å². The fraction of sp³-hybridized carbons (Fsp3) is 0.533. The van der Waals surface area contributed by atoms with Crippen LogP contribution in [0.1, 0.15) is 12.0 Å². The Morgan fingerprint density at radius 3 is 2.50 bits per heavy atom. The number of likely N-dealkylation sites (tertiary alicyclic amines) is 1. The quantitative estimate of drug-likeness (QED) is 0.476. The minimum absolute atomic E-state index is 0. The van der Waals surface area contributed by atoms with Crippen molar-refractivity contribution in [3.63, 3.8) is 0 Å². The molecule has 1 aliphatic heterocycles. The summed E-state index contributed by atoms with van der Waals surface area (Å²) in [5, 5.41) is 3.42. The van der Waals surface area contributed by atoms with Crippen molar-refractivity contribution in [2.75, 3.05) is 40.3 Å². The molecule has 1 aromatic rings. The molecule has 0 amide bonds. The molecule has 1 saturated heterocycles. The van der Waals surface area contributed by atoms with Gasteiger partial charge in [-0.1, -0.05) is 30.3 Å². The zero-order valence-corrected chi connectivity index (χ0v) is 14.7. The third-order valence-corrected chi connectivity index (χ3v) is 3.34. The van der Waals surface area contributed by atoms with Crippen LogP contribution in [-0.2, 0) is 6.54 Å². The zero-order valence-electron chi connectivity index (χ0n) is 12.4. The van der Waals surface area contributed by atoms with Crippen LogP contribution in [0, 0.1) is 0 Å². The Morgan fingerprint density at radius 1 is 1.25 bits per heavy atom. The molecule has 4 nitrogen and oxygen atoms in total. The summed E-state index contributed by atoms with van der Waals surface area (Å²) in [6, 6.07) is 10.4. The van der Waals surface area contributed by atoms with E-state index in [1.165, 1.54) is 25.1 Å². The second-order valence-electron chi connectivity index (χ2n) is 5.14. The van der Waals surface area contributed by atoms with E-state index < -0.39 is 0 Å². The fourth-order valence-corrected chi connectivity index (χ4v) is 2.04. The molecular weight excluding hydrogens is 363 g/mol. The molecule has 2 rings (SSSR count). The molecule has 0 unspecified atom stereocenters. The molecular formula is C15H25IN4. The molecule has 1 heterocycles. The summed E-state index contributed by atoms with van der Waals surface area (Å²) in [6.07, 6.45) is 1.35. The molecule has 0 spiro atoms. The maximum Gasteiger partial charge on any atom is 0.193 e. The molecule has 1 aromatic carbocycles. The summed E-state index contributed by atoms with van der Waals surface area (Å²) in [6.45, 7) is 5.30. The Bertz CT molecular complexity index is 402. The Morgan fingerprint density at radius 2 is 1.95 bits per heavy atom. The van der Waals surface area contributed by atoms with Gasteiger partial charge in [0.05, 0.1) is 6.54 Å². The van der Waals surface area contributed by atoms with Crippen LogP contribution in [0.25, 0.3) is 0 Å². The molecule has 112 valence electrons. The number of aliphatic imine (C=N–C) groups is 1. The largest absolute Gasteiger partial charge is 0.355 e. The number of guanidine groups is 1. The molecule has 1 aliphatic rings. The first kappa shape index (κ1) is 17.2. The Kier molecular flexibility index (Phi) is 7.91. The molecule has 1 N–H and O–H groups in total. The van der Waals surface area contributed by atoms with Crippen molar-refractivity contribution in [3.8, 4) is 0 Å². The van der Waals surface area contributed by atoms with E-state index >= 15 is 0 Å². The SMILES string of the molecule is CN(C)C(=NCc1ccccc1)NCCN1CCC1.I. The number of halogens is 1. The van der Waals surface area contributed by atoms with Gasteiger partial charge < -0.3 is 15.1 Å². The summed E-state index contributed by atoms with van der Waals surface area (Å²) in [5.74, 6) is 0.962. The average molecular weight is 388 g/mol. The first-order valence-electron chi connectivity index (χ1n) is 6.97. The van der Waals surface area contributed by atoms with Gasteiger partial charge in [0, 0.05) is 27.2 Å². The minimum atomic E-state index is 0. The number of rotatable bonds is 5. The van der Waals surface area contributed by atoms with Gasteiger partial charge in [-0.05, 0) is 25.1 Å². The van der Waals surface area contributed by atoms with Crippen molar-refractivity contribution < 1.29 is 0 Å². The van der Waals surface area contributed by atoms with E-state index in [0.29, 0.717) is 0 Å². The van der Waals surface area contributed by atoms with Crippen molar-refractivity contribution in [2.24, 2.45) is 4.99 Å². The number of hydrogen-bond acceptors (Lipinski definition) is 2. The first-order chi connectivity index (χ1) is 9.25. The van der Waals surface area contributed by atoms with Gasteiger partial charge >= 0.3 is 0 Å². The van der Waals surface area contributed by atoms with Gasteiger partial charge in [-0.15, -0.1) is 24.0 Å². The van der Waals surface area contributed by atoms with Crippen LogP contribution < -0.4 is 5.32 Å². The maximum absolute atomic E-state index is 4.65. The highest BCUT2D eigenvalue weighted by molar-refractivity contribution is 14.0. The van der Waals surface area contributed by atoms with Crippen molar-refractivity contribution in [1.29, 1.82) is 0 Å². The summed E-state index contributed by atoms with van der Waals surface area (Å²) in [7, 11) is 4.06. The molecule has 1 fully saturated rings. The lowest BCUT2D eigenvalue weighted by atomic mass is 10.2. The summed E-state index contributed by atoms with van der Waals surface area (Å²) in [4.78, 5) is 9.14. The standard InChI is InChI=1S/C15H24N4.HI/c1-18(2)15(16-9-12-19-10-6-11-19)17-13-14-7-4-3-5-8-14;/h3-5,7-8H,6,9-13H2,1-2H3,(H,16,17);1H. The van der Waals surface area contributed by atoms with Crippen LogP contribution in [0.5, 0.6) is 0 Å². The van der Waals surface area contributed by atoms with E-state index in [1.807, 2.05) is 25.1 Å². The van der Waals surface area contributed by atoms with Crippen LogP contribution in [0.2, 0.25) is 0 Å². The highest BCUT2D eigenvalue weighted by atomic mass is 127. The fourth-order valence-electron chi connectivity index (χ4n) is 2.04. The molecule has 0 aromatic heterocycles. The van der Waals surface area contributed by atoms with E-state index in [2.05, 4.69) is 39.5 Å². The van der Waals surface area contributed by atoms with Crippen molar-refractivity contribution in [3.05, 3.63) is 35.9 Å². The number of benzene rings is 1. The molecule has 0 aliphatic carbocycles. The molecule has 0 saturated carbocycles. The second-order valence-corrected chi connectivity index (χ2v) is 5.14. The van der Waals surface area contributed by atoms with Gasteiger partial charge in [0.25, 0.3) is 0 Å². The van der Waals surface area contributed by atoms with Gasteiger partial charge in [0.1, 0.15) is 0 Å². The minimum Gasteiger partial charge on any atom is -0.355 e. The summed E-state index contributed by atoms with van der Waals surface area (Å²) >= 11 is 0. The Balaban J connectivity index is 0.00000200. The molecule has 0 atom stereocenters. The lowest BCUT2D eigenvalue weighted by Crippen LogP contribution is -2.45. The average Bonchev–Trinajstić information content (AvgIpc) is 2.36. The van der Waals surface area contributed by atoms with Crippen LogP contribution >= 0.6 is 24.0 Å². The van der Waals surface area contributed by atoms with Crippen molar-refractivity contribution in [2.45, 2.75) is 13.0 Å². The van der Waals surface area contributed by atoms with Crippen LogP contribution in [0.3, 0.4) is 0 Å². The maximum atomic E-state index is 4.65. The first-order valence-corrected chi connectivity index (χ1v) is 6.97. The molecule has 5 heteroatoms. The van der Waals surface area contributed by atoms with E-state index in [-0.39, 0.29) is 24.0 Å². The van der Waals surface area contributed by atoms with E-state index in [9.17, 15) is 0 Å². The third kappa shape index (κ3) is 5.66. The van der Waals surface area contributed by atoms with Gasteiger partial charge in [-0.3, -0.25) is 0 Å². The number of nitrogens with zero attached hydrogens (tertiary/aromatic N) is 3. The zero-order chi connectivity index (χ0) is 13.5. The molecule has 0 bridgehead atoms. The molecule has 0 radical (unpaired) electrons. The Labute approximate surface area is 139 Å². The normalized spacial score (nSPS) is 15.2. The number of hydrogen-bond donors (Lipinski definition) is 1. The Hall–Kier alpha value is -0.820. The van der Waals surface area contributed by atoms with Crippen molar-refractivity contribution >= 4 is 29.9 Å². The smallest absolute Gasteiger partial charge is 0.193 e. The summed E-state index contributed by atoms with van der Waals surface area (Å²) < 4.78 is 0. The topological polar surface area (TPSA) is 30.9 Å². The van der Waals surface area contributed by atoms with Gasteiger partial charge in [-0.25, -0.2) is 4.99 Å². The number of nitrogens with one attached hydrogen (secondary N) is 1. The van der Waals surface area contributed by atoms with Gasteiger partial charge in [0.2, 0.25) is 0 Å². The van der Waals surface area contributed by atoms with Gasteiger partial charge in [0.15, 0.2) is 5.96 Å². The highest BCUT2D eigenvalue weighted by Crippen LogP contribution is 2.03. The second kappa shape index (κ2) is 9.18. The third-order valence-electron chi connectivity index (χ3n) is 3.34. The van der Waals surface area contributed by atoms with E-state index in [0.717, 1.165) is 25.6 Å². The molecule has 20 heavy (non-hydrogen) atoms. The van der Waals surface area contributed by atoms with Crippen molar-refractivity contribution in [1.82, 2.24) is 15.1 Å². The highest BCUT2D eigenvalue weighted by Gasteiger charge is 2.12. The van der Waals surface area contributed by atoms with Crippen LogP contribution in [0.15, 0.2) is 35.3 Å². The summed E-state index contributed by atoms with van der Waals surface area (Å²) in [5.41, 5.74) is 1.24. The van der Waals surface area contributed by atoms with E-state index in [1.54, 1.807) is 0 Å². The predicted molar refractivity (Wildman–Crippen MR) is 95.7 cm³/mol. The van der Waals surface area contributed by atoms with Crippen LogP contribution in [-0.4, -0.2) is 56.0 Å². The van der Waals surface area contributed by atoms with E-state index in [4.69, 9.17) is 0 Å². The predicted octanol–water partition coefficient (Wildman–Crippen LogP) is 2.02.